The van der Waals surface area contributed by atoms with Crippen LogP contribution in [0.25, 0.3) is 0 Å². The first-order valence-electron chi connectivity index (χ1n) is 6.89. The molecular formula is C16H28N2. The molecule has 0 fully saturated rings. The van der Waals surface area contributed by atoms with Gasteiger partial charge in [0.2, 0.25) is 0 Å². The van der Waals surface area contributed by atoms with Gasteiger partial charge in [-0.25, -0.2) is 0 Å². The molecule has 1 atom stereocenters. The number of nitrogens with zero attached hydrogens (tertiary/aromatic N) is 1. The zero-order valence-electron chi connectivity index (χ0n) is 12.5. The second-order valence-electron chi connectivity index (χ2n) is 6.29. The quantitative estimate of drug-likeness (QED) is 0.865. The van der Waals surface area contributed by atoms with Crippen molar-refractivity contribution in [2.24, 2.45) is 11.1 Å². The van der Waals surface area contributed by atoms with E-state index in [1.807, 2.05) is 0 Å². The molecule has 0 aromatic heterocycles. The van der Waals surface area contributed by atoms with Gasteiger partial charge < -0.3 is 10.6 Å². The molecule has 1 unspecified atom stereocenters. The van der Waals surface area contributed by atoms with Crippen molar-refractivity contribution < 1.29 is 0 Å². The number of anilines is 1. The lowest BCUT2D eigenvalue weighted by atomic mass is 9.87. The molecule has 0 bridgehead atoms. The van der Waals surface area contributed by atoms with Crippen LogP contribution in [0.1, 0.15) is 39.7 Å². The van der Waals surface area contributed by atoms with Crippen molar-refractivity contribution in [2.75, 3.05) is 18.5 Å². The van der Waals surface area contributed by atoms with Crippen molar-refractivity contribution >= 4 is 5.69 Å². The summed E-state index contributed by atoms with van der Waals surface area (Å²) < 4.78 is 0. The molecule has 0 aliphatic heterocycles. The highest BCUT2D eigenvalue weighted by atomic mass is 15.1. The third kappa shape index (κ3) is 4.34. The third-order valence-corrected chi connectivity index (χ3v) is 3.42. The molecule has 2 N–H and O–H groups in total. The maximum atomic E-state index is 5.93. The van der Waals surface area contributed by atoms with Crippen molar-refractivity contribution in [3.8, 4) is 0 Å². The average molecular weight is 248 g/mol. The molecule has 0 amide bonds. The predicted molar refractivity (Wildman–Crippen MR) is 81.1 cm³/mol. The largest absolute Gasteiger partial charge is 0.370 e. The van der Waals surface area contributed by atoms with Gasteiger partial charge in [-0.15, -0.1) is 0 Å². The summed E-state index contributed by atoms with van der Waals surface area (Å²) in [5.74, 6) is 0. The number of likely N-dealkylation sites (N-methyl/N-ethyl adjacent to an activating group) is 1. The molecule has 18 heavy (non-hydrogen) atoms. The summed E-state index contributed by atoms with van der Waals surface area (Å²) in [7, 11) is 2.14. The molecule has 0 saturated heterocycles. The topological polar surface area (TPSA) is 29.3 Å². The van der Waals surface area contributed by atoms with Crippen LogP contribution in [-0.4, -0.2) is 19.6 Å². The lowest BCUT2D eigenvalue weighted by Crippen LogP contribution is -2.40. The fraction of sp³-hybridized carbons (Fsp3) is 0.625. The van der Waals surface area contributed by atoms with Gasteiger partial charge in [0.05, 0.1) is 0 Å². The number of nitrogens with two attached hydrogens (primary N) is 1. The summed E-state index contributed by atoms with van der Waals surface area (Å²) in [6.45, 7) is 9.68. The van der Waals surface area contributed by atoms with Gasteiger partial charge in [-0.3, -0.25) is 0 Å². The van der Waals surface area contributed by atoms with E-state index >= 15 is 0 Å². The molecule has 102 valence electrons. The summed E-state index contributed by atoms with van der Waals surface area (Å²) in [4.78, 5) is 2.31. The van der Waals surface area contributed by atoms with Crippen LogP contribution in [0.5, 0.6) is 0 Å². The van der Waals surface area contributed by atoms with Gasteiger partial charge in [-0.2, -0.15) is 0 Å². The van der Waals surface area contributed by atoms with Crippen molar-refractivity contribution in [1.29, 1.82) is 0 Å². The Labute approximate surface area is 112 Å². The van der Waals surface area contributed by atoms with Crippen LogP contribution in [0.3, 0.4) is 0 Å². The van der Waals surface area contributed by atoms with E-state index in [9.17, 15) is 0 Å². The van der Waals surface area contributed by atoms with Crippen molar-refractivity contribution in [3.63, 3.8) is 0 Å². The van der Waals surface area contributed by atoms with Crippen molar-refractivity contribution in [3.05, 3.63) is 29.8 Å². The monoisotopic (exact) mass is 248 g/mol. The second-order valence-corrected chi connectivity index (χ2v) is 6.29. The van der Waals surface area contributed by atoms with Gasteiger partial charge >= 0.3 is 0 Å². The summed E-state index contributed by atoms with van der Waals surface area (Å²) >= 11 is 0. The number of hydrogen-bond acceptors (Lipinski definition) is 2. The van der Waals surface area contributed by atoms with E-state index in [1.165, 1.54) is 11.3 Å². The maximum absolute atomic E-state index is 5.93. The number of benzene rings is 1. The SMILES string of the molecule is CCc1ccc(N(C)C(CN)CC(C)(C)C)cc1. The minimum Gasteiger partial charge on any atom is -0.370 e. The lowest BCUT2D eigenvalue weighted by molar-refractivity contribution is 0.336. The minimum atomic E-state index is 0.307. The Hall–Kier alpha value is -1.02. The van der Waals surface area contributed by atoms with E-state index in [0.29, 0.717) is 18.0 Å². The summed E-state index contributed by atoms with van der Waals surface area (Å²) in [5, 5.41) is 0. The lowest BCUT2D eigenvalue weighted by Gasteiger charge is -2.34. The van der Waals surface area contributed by atoms with Crippen LogP contribution in [0, 0.1) is 5.41 Å². The Morgan fingerprint density at radius 3 is 2.11 bits per heavy atom. The first kappa shape index (κ1) is 15.0. The van der Waals surface area contributed by atoms with Gasteiger partial charge in [-0.05, 0) is 36.0 Å². The van der Waals surface area contributed by atoms with E-state index < -0.39 is 0 Å². The molecular weight excluding hydrogens is 220 g/mol. The molecule has 0 spiro atoms. The first-order chi connectivity index (χ1) is 8.37. The predicted octanol–water partition coefficient (Wildman–Crippen LogP) is 3.45. The molecule has 0 saturated carbocycles. The van der Waals surface area contributed by atoms with E-state index in [0.717, 1.165) is 12.8 Å². The Balaban J connectivity index is 2.79. The highest BCUT2D eigenvalue weighted by Crippen LogP contribution is 2.25. The molecule has 1 rings (SSSR count). The Morgan fingerprint density at radius 2 is 1.72 bits per heavy atom. The van der Waals surface area contributed by atoms with Crippen LogP contribution < -0.4 is 10.6 Å². The van der Waals surface area contributed by atoms with Gasteiger partial charge in [0.15, 0.2) is 0 Å². The molecule has 0 aliphatic carbocycles. The van der Waals surface area contributed by atoms with Gasteiger partial charge in [-0.1, -0.05) is 39.8 Å². The Morgan fingerprint density at radius 1 is 1.17 bits per heavy atom. The van der Waals surface area contributed by atoms with E-state index in [2.05, 4.69) is 63.9 Å². The van der Waals surface area contributed by atoms with Crippen molar-refractivity contribution in [1.82, 2.24) is 0 Å². The fourth-order valence-electron chi connectivity index (χ4n) is 2.26. The van der Waals surface area contributed by atoms with Gasteiger partial charge in [0.1, 0.15) is 0 Å². The zero-order chi connectivity index (χ0) is 13.8. The summed E-state index contributed by atoms with van der Waals surface area (Å²) in [6.07, 6.45) is 2.20. The third-order valence-electron chi connectivity index (χ3n) is 3.42. The van der Waals surface area contributed by atoms with Crippen LogP contribution in [0.2, 0.25) is 0 Å². The standard InChI is InChI=1S/C16H28N2/c1-6-13-7-9-14(10-8-13)18(5)15(12-17)11-16(2,3)4/h7-10,15H,6,11-12,17H2,1-5H3. The molecule has 1 aromatic carbocycles. The van der Waals surface area contributed by atoms with Crippen LogP contribution in [-0.2, 0) is 6.42 Å². The molecule has 0 radical (unpaired) electrons. The molecule has 0 heterocycles. The van der Waals surface area contributed by atoms with E-state index in [-0.39, 0.29) is 0 Å². The molecule has 2 nitrogen and oxygen atoms in total. The smallest absolute Gasteiger partial charge is 0.0414 e. The van der Waals surface area contributed by atoms with Gasteiger partial charge in [0, 0.05) is 25.3 Å². The molecule has 1 aromatic rings. The van der Waals surface area contributed by atoms with E-state index in [1.54, 1.807) is 0 Å². The Bertz CT molecular complexity index is 348. The van der Waals surface area contributed by atoms with E-state index in [4.69, 9.17) is 5.73 Å². The van der Waals surface area contributed by atoms with Crippen LogP contribution >= 0.6 is 0 Å². The number of hydrogen-bond donors (Lipinski definition) is 1. The summed E-state index contributed by atoms with van der Waals surface area (Å²) in [5.41, 5.74) is 8.88. The highest BCUT2D eigenvalue weighted by Gasteiger charge is 2.21. The van der Waals surface area contributed by atoms with Crippen molar-refractivity contribution in [2.45, 2.75) is 46.6 Å². The first-order valence-corrected chi connectivity index (χ1v) is 6.89. The number of rotatable bonds is 5. The average Bonchev–Trinajstić information content (AvgIpc) is 2.34. The zero-order valence-corrected chi connectivity index (χ0v) is 12.5. The highest BCUT2D eigenvalue weighted by molar-refractivity contribution is 5.48. The van der Waals surface area contributed by atoms with Gasteiger partial charge in [0.25, 0.3) is 0 Å². The van der Waals surface area contributed by atoms with Crippen LogP contribution in [0.15, 0.2) is 24.3 Å². The molecule has 0 aliphatic rings. The number of aryl methyl sites for hydroxylation is 1. The van der Waals surface area contributed by atoms with Crippen LogP contribution in [0.4, 0.5) is 5.69 Å². The maximum Gasteiger partial charge on any atom is 0.0414 e. The summed E-state index contributed by atoms with van der Waals surface area (Å²) in [6, 6.07) is 9.21. The Kier molecular flexibility index (Phi) is 5.21. The fourth-order valence-corrected chi connectivity index (χ4v) is 2.26. The normalized spacial score (nSPS) is 13.4. The molecule has 2 heteroatoms. The minimum absolute atomic E-state index is 0.307. The second kappa shape index (κ2) is 6.24.